The van der Waals surface area contributed by atoms with Crippen LogP contribution in [0.2, 0.25) is 0 Å². The van der Waals surface area contributed by atoms with Gasteiger partial charge in [-0.1, -0.05) is 18.2 Å². The Morgan fingerprint density at radius 1 is 1.35 bits per heavy atom. The summed E-state index contributed by atoms with van der Waals surface area (Å²) < 4.78 is 14.0. The van der Waals surface area contributed by atoms with E-state index in [0.717, 1.165) is 0 Å². The summed E-state index contributed by atoms with van der Waals surface area (Å²) >= 11 is 0. The highest BCUT2D eigenvalue weighted by Crippen LogP contribution is 2.34. The number of amides is 1. The van der Waals surface area contributed by atoms with E-state index in [1.54, 1.807) is 30.3 Å². The summed E-state index contributed by atoms with van der Waals surface area (Å²) in [6, 6.07) is 7.55. The summed E-state index contributed by atoms with van der Waals surface area (Å²) in [7, 11) is 0. The molecular weight excluding hydrogens is 323 g/mol. The summed E-state index contributed by atoms with van der Waals surface area (Å²) in [5.41, 5.74) is 8.37. The van der Waals surface area contributed by atoms with Gasteiger partial charge < -0.3 is 10.6 Å². The largest absolute Gasteiger partial charge is 0.362 e. The number of nitrogens with two attached hydrogens (primary N) is 1. The van der Waals surface area contributed by atoms with Crippen LogP contribution in [0.3, 0.4) is 0 Å². The Morgan fingerprint density at radius 3 is 2.61 bits per heavy atom. The highest BCUT2D eigenvalue weighted by Gasteiger charge is 2.32. The quantitative estimate of drug-likeness (QED) is 0.827. The van der Waals surface area contributed by atoms with E-state index in [1.807, 2.05) is 0 Å². The van der Waals surface area contributed by atoms with Crippen molar-refractivity contribution in [2.75, 3.05) is 0 Å². The van der Waals surface area contributed by atoms with Crippen LogP contribution < -0.4 is 11.2 Å². The number of hydrogen-bond acceptors (Lipinski definition) is 4. The molecule has 2 rings (SSSR count). The minimum absolute atomic E-state index is 0. The Bertz CT molecular complexity index is 590. The summed E-state index contributed by atoms with van der Waals surface area (Å²) in [5, 5.41) is 0. The first-order chi connectivity index (χ1) is 10.5. The molecule has 0 saturated heterocycles. The molecule has 1 saturated carbocycles. The molecule has 0 bridgehead atoms. The fraction of sp³-hybridized carbons (Fsp3) is 0.375. The SMILES string of the molecule is CC(N)/C(F)=C1\CCCC1C(=O)NOC(=O)c1ccccc1.Cl. The monoisotopic (exact) mass is 342 g/mol. The lowest BCUT2D eigenvalue weighted by Gasteiger charge is -2.14. The Balaban J connectivity index is 0.00000264. The van der Waals surface area contributed by atoms with Gasteiger partial charge in [-0.15, -0.1) is 12.4 Å². The number of carbonyl (C=O) groups is 2. The van der Waals surface area contributed by atoms with Gasteiger partial charge in [-0.3, -0.25) is 4.79 Å². The number of carbonyl (C=O) groups excluding carboxylic acids is 2. The molecule has 2 unspecified atom stereocenters. The van der Waals surface area contributed by atoms with Crippen LogP contribution in [-0.2, 0) is 9.63 Å². The van der Waals surface area contributed by atoms with Gasteiger partial charge in [-0.05, 0) is 43.9 Å². The topological polar surface area (TPSA) is 81.4 Å². The first-order valence-electron chi connectivity index (χ1n) is 7.20. The van der Waals surface area contributed by atoms with E-state index in [2.05, 4.69) is 5.48 Å². The predicted octanol–water partition coefficient (Wildman–Crippen LogP) is 2.67. The van der Waals surface area contributed by atoms with Crippen LogP contribution in [0, 0.1) is 5.92 Å². The molecule has 0 aromatic heterocycles. The van der Waals surface area contributed by atoms with Crippen molar-refractivity contribution in [2.45, 2.75) is 32.2 Å². The standard InChI is InChI=1S/C16H19FN2O3.ClH/c1-10(18)14(17)12-8-5-9-13(12)15(20)19-22-16(21)11-6-3-2-4-7-11;/h2-4,6-7,10,13H,5,8-9,18H2,1H3,(H,19,20);1H/b14-12-;. The van der Waals surface area contributed by atoms with Crippen LogP contribution in [0.25, 0.3) is 0 Å². The maximum atomic E-state index is 14.0. The molecule has 2 atom stereocenters. The second-order valence-corrected chi connectivity index (χ2v) is 5.33. The molecule has 0 spiro atoms. The summed E-state index contributed by atoms with van der Waals surface area (Å²) in [6.07, 6.45) is 1.72. The minimum atomic E-state index is -0.740. The molecule has 1 amide bonds. The molecule has 126 valence electrons. The van der Waals surface area contributed by atoms with Gasteiger partial charge in [-0.2, -0.15) is 5.48 Å². The Hall–Kier alpha value is -1.92. The Morgan fingerprint density at radius 2 is 2.00 bits per heavy atom. The molecule has 0 radical (unpaired) electrons. The van der Waals surface area contributed by atoms with Gasteiger partial charge in [-0.25, -0.2) is 9.18 Å². The molecule has 5 nitrogen and oxygen atoms in total. The van der Waals surface area contributed by atoms with Crippen LogP contribution in [0.4, 0.5) is 4.39 Å². The van der Waals surface area contributed by atoms with Gasteiger partial charge in [0.05, 0.1) is 17.5 Å². The summed E-state index contributed by atoms with van der Waals surface area (Å²) in [5.74, 6) is -2.26. The third kappa shape index (κ3) is 4.77. The number of halogens is 2. The van der Waals surface area contributed by atoms with Crippen molar-refractivity contribution in [1.82, 2.24) is 5.48 Å². The summed E-state index contributed by atoms with van der Waals surface area (Å²) in [6.45, 7) is 1.53. The van der Waals surface area contributed by atoms with Crippen molar-refractivity contribution in [2.24, 2.45) is 11.7 Å². The van der Waals surface area contributed by atoms with Crippen molar-refractivity contribution in [3.63, 3.8) is 0 Å². The van der Waals surface area contributed by atoms with Crippen LogP contribution in [-0.4, -0.2) is 17.9 Å². The lowest BCUT2D eigenvalue weighted by Crippen LogP contribution is -2.33. The second kappa shape index (κ2) is 8.64. The zero-order valence-electron chi connectivity index (χ0n) is 12.8. The first kappa shape index (κ1) is 19.1. The molecule has 1 aliphatic carbocycles. The van der Waals surface area contributed by atoms with E-state index in [1.165, 1.54) is 6.92 Å². The van der Waals surface area contributed by atoms with Gasteiger partial charge in [0.1, 0.15) is 5.83 Å². The smallest absolute Gasteiger partial charge is 0.335 e. The number of rotatable bonds is 3. The second-order valence-electron chi connectivity index (χ2n) is 5.33. The normalized spacial score (nSPS) is 20.2. The van der Waals surface area contributed by atoms with Crippen LogP contribution in [0.5, 0.6) is 0 Å². The number of nitrogens with one attached hydrogen (secondary N) is 1. The fourth-order valence-electron chi connectivity index (χ4n) is 2.51. The van der Waals surface area contributed by atoms with Crippen molar-refractivity contribution < 1.29 is 18.8 Å². The molecule has 3 N–H and O–H groups in total. The molecule has 23 heavy (non-hydrogen) atoms. The Labute approximate surface area is 140 Å². The zero-order chi connectivity index (χ0) is 16.1. The van der Waals surface area contributed by atoms with E-state index >= 15 is 0 Å². The van der Waals surface area contributed by atoms with Gasteiger partial charge in [0.15, 0.2) is 0 Å². The van der Waals surface area contributed by atoms with Gasteiger partial charge in [0.25, 0.3) is 5.91 Å². The lowest BCUT2D eigenvalue weighted by atomic mass is 9.99. The maximum absolute atomic E-state index is 14.0. The number of hydroxylamine groups is 1. The molecule has 0 aliphatic heterocycles. The highest BCUT2D eigenvalue weighted by atomic mass is 35.5. The van der Waals surface area contributed by atoms with Crippen LogP contribution in [0.1, 0.15) is 36.5 Å². The predicted molar refractivity (Wildman–Crippen MR) is 86.4 cm³/mol. The molecule has 7 heteroatoms. The first-order valence-corrected chi connectivity index (χ1v) is 7.20. The average Bonchev–Trinajstić information content (AvgIpc) is 3.01. The molecule has 1 fully saturated rings. The Kier molecular flexibility index (Phi) is 7.19. The maximum Gasteiger partial charge on any atom is 0.362 e. The van der Waals surface area contributed by atoms with Crippen molar-refractivity contribution in [3.8, 4) is 0 Å². The molecule has 1 aliphatic rings. The van der Waals surface area contributed by atoms with E-state index in [0.29, 0.717) is 30.4 Å². The van der Waals surface area contributed by atoms with Crippen molar-refractivity contribution in [3.05, 3.63) is 47.3 Å². The van der Waals surface area contributed by atoms with E-state index in [4.69, 9.17) is 10.6 Å². The average molecular weight is 343 g/mol. The number of hydrogen-bond donors (Lipinski definition) is 2. The van der Waals surface area contributed by atoms with Gasteiger partial charge in [0.2, 0.25) is 0 Å². The highest BCUT2D eigenvalue weighted by molar-refractivity contribution is 5.91. The third-order valence-electron chi connectivity index (χ3n) is 3.64. The van der Waals surface area contributed by atoms with Gasteiger partial charge >= 0.3 is 5.97 Å². The van der Waals surface area contributed by atoms with Gasteiger partial charge in [0, 0.05) is 0 Å². The fourth-order valence-corrected chi connectivity index (χ4v) is 2.51. The van der Waals surface area contributed by atoms with Crippen LogP contribution >= 0.6 is 12.4 Å². The molecule has 1 aromatic carbocycles. The van der Waals surface area contributed by atoms with E-state index in [-0.39, 0.29) is 12.4 Å². The van der Waals surface area contributed by atoms with Crippen molar-refractivity contribution in [1.29, 1.82) is 0 Å². The minimum Gasteiger partial charge on any atom is -0.335 e. The van der Waals surface area contributed by atoms with Crippen LogP contribution in [0.15, 0.2) is 41.7 Å². The van der Waals surface area contributed by atoms with Crippen molar-refractivity contribution >= 4 is 24.3 Å². The van der Waals surface area contributed by atoms with E-state index in [9.17, 15) is 14.0 Å². The molecule has 0 heterocycles. The zero-order valence-corrected chi connectivity index (χ0v) is 13.6. The molecule has 1 aromatic rings. The molecular formula is C16H20ClFN2O3. The van der Waals surface area contributed by atoms with E-state index < -0.39 is 29.7 Å². The summed E-state index contributed by atoms with van der Waals surface area (Å²) in [4.78, 5) is 28.6. The lowest BCUT2D eigenvalue weighted by molar-refractivity contribution is -0.132. The number of benzene rings is 1. The third-order valence-corrected chi connectivity index (χ3v) is 3.64.